The molecule has 146 valence electrons. The van der Waals surface area contributed by atoms with Gasteiger partial charge in [0, 0.05) is 6.07 Å². The fourth-order valence-corrected chi connectivity index (χ4v) is 3.26. The summed E-state index contributed by atoms with van der Waals surface area (Å²) in [5.41, 5.74) is 4.56. The van der Waals surface area contributed by atoms with E-state index in [1.54, 1.807) is 19.3 Å². The minimum atomic E-state index is -0.0974. The number of hydrogen-bond donors (Lipinski definition) is 0. The van der Waals surface area contributed by atoms with Crippen LogP contribution < -0.4 is 14.2 Å². The van der Waals surface area contributed by atoms with Crippen molar-refractivity contribution in [2.45, 2.75) is 20.5 Å². The molecule has 0 unspecified atom stereocenters. The van der Waals surface area contributed by atoms with Crippen molar-refractivity contribution in [3.05, 3.63) is 94.2 Å². The molecule has 1 aliphatic rings. The fraction of sp³-hybridized carbons (Fsp3) is 0.160. The predicted molar refractivity (Wildman–Crippen MR) is 113 cm³/mol. The van der Waals surface area contributed by atoms with Crippen LogP contribution in [-0.2, 0) is 6.61 Å². The zero-order chi connectivity index (χ0) is 20.4. The van der Waals surface area contributed by atoms with Crippen LogP contribution in [0.4, 0.5) is 0 Å². The molecule has 4 heteroatoms. The van der Waals surface area contributed by atoms with Crippen LogP contribution in [-0.4, -0.2) is 12.9 Å². The summed E-state index contributed by atoms with van der Waals surface area (Å²) in [5, 5.41) is 0. The highest BCUT2D eigenvalue weighted by atomic mass is 16.5. The fourth-order valence-electron chi connectivity index (χ4n) is 3.26. The van der Waals surface area contributed by atoms with Gasteiger partial charge in [-0.3, -0.25) is 4.79 Å². The first kappa shape index (κ1) is 18.8. The van der Waals surface area contributed by atoms with Crippen LogP contribution in [0, 0.1) is 13.8 Å². The molecular formula is C25H22O4. The van der Waals surface area contributed by atoms with E-state index in [1.165, 1.54) is 5.56 Å². The molecule has 0 atom stereocenters. The third-order valence-electron chi connectivity index (χ3n) is 4.88. The van der Waals surface area contributed by atoms with Crippen molar-refractivity contribution < 1.29 is 19.0 Å². The molecule has 0 saturated heterocycles. The third kappa shape index (κ3) is 4.02. The number of rotatable bonds is 5. The largest absolute Gasteiger partial charge is 0.497 e. The van der Waals surface area contributed by atoms with Crippen molar-refractivity contribution in [1.82, 2.24) is 0 Å². The molecule has 1 aliphatic heterocycles. The summed E-state index contributed by atoms with van der Waals surface area (Å²) >= 11 is 0. The molecule has 0 radical (unpaired) electrons. The van der Waals surface area contributed by atoms with E-state index in [4.69, 9.17) is 14.2 Å². The Kier molecular flexibility index (Phi) is 5.09. The highest BCUT2D eigenvalue weighted by Gasteiger charge is 2.30. The lowest BCUT2D eigenvalue weighted by molar-refractivity contribution is 0.101. The zero-order valence-electron chi connectivity index (χ0n) is 16.7. The second kappa shape index (κ2) is 7.84. The Morgan fingerprint density at radius 3 is 2.34 bits per heavy atom. The lowest BCUT2D eigenvalue weighted by Gasteiger charge is -2.09. The number of methoxy groups -OCH3 is 1. The molecular weight excluding hydrogens is 364 g/mol. The van der Waals surface area contributed by atoms with Gasteiger partial charge < -0.3 is 14.2 Å². The van der Waals surface area contributed by atoms with E-state index in [0.29, 0.717) is 29.4 Å². The van der Waals surface area contributed by atoms with Crippen LogP contribution in [0.15, 0.2) is 66.4 Å². The zero-order valence-corrected chi connectivity index (χ0v) is 16.7. The number of Topliss-reactive ketones (excluding diaryl/α,β-unsaturated/α-hetero) is 1. The minimum absolute atomic E-state index is 0.0974. The van der Waals surface area contributed by atoms with Crippen LogP contribution in [0.25, 0.3) is 6.08 Å². The number of carbonyl (C=O) groups excluding carboxylic acids is 1. The molecule has 3 aromatic carbocycles. The van der Waals surface area contributed by atoms with Gasteiger partial charge in [-0.15, -0.1) is 0 Å². The summed E-state index contributed by atoms with van der Waals surface area (Å²) < 4.78 is 17.0. The first-order valence-corrected chi connectivity index (χ1v) is 9.45. The first-order valence-electron chi connectivity index (χ1n) is 9.45. The molecule has 1 heterocycles. The molecule has 0 amide bonds. The summed E-state index contributed by atoms with van der Waals surface area (Å²) in [4.78, 5) is 12.8. The maximum atomic E-state index is 12.8. The number of carbonyl (C=O) groups is 1. The summed E-state index contributed by atoms with van der Waals surface area (Å²) in [5.74, 6) is 2.25. The van der Waals surface area contributed by atoms with Gasteiger partial charge in [-0.05, 0) is 54.8 Å². The number of allylic oxidation sites excluding steroid dienone is 1. The molecule has 29 heavy (non-hydrogen) atoms. The normalized spacial score (nSPS) is 13.9. The van der Waals surface area contributed by atoms with Crippen molar-refractivity contribution in [1.29, 1.82) is 0 Å². The second-order valence-corrected chi connectivity index (χ2v) is 7.10. The van der Waals surface area contributed by atoms with Gasteiger partial charge >= 0.3 is 0 Å². The molecule has 0 saturated carbocycles. The molecule has 0 spiro atoms. The van der Waals surface area contributed by atoms with Gasteiger partial charge in [-0.2, -0.15) is 0 Å². The Morgan fingerprint density at radius 1 is 0.931 bits per heavy atom. The monoisotopic (exact) mass is 386 g/mol. The Morgan fingerprint density at radius 2 is 1.66 bits per heavy atom. The van der Waals surface area contributed by atoms with Crippen LogP contribution in [0.2, 0.25) is 0 Å². The quantitative estimate of drug-likeness (QED) is 0.543. The molecule has 0 N–H and O–H groups in total. The molecule has 4 rings (SSSR count). The van der Waals surface area contributed by atoms with Crippen LogP contribution >= 0.6 is 0 Å². The lowest BCUT2D eigenvalue weighted by atomic mass is 10.0. The number of aryl methyl sites for hydroxylation is 2. The number of ketones is 1. The van der Waals surface area contributed by atoms with E-state index in [9.17, 15) is 4.79 Å². The van der Waals surface area contributed by atoms with E-state index in [1.807, 2.05) is 68.4 Å². The third-order valence-corrected chi connectivity index (χ3v) is 4.88. The highest BCUT2D eigenvalue weighted by molar-refractivity contribution is 6.15. The number of fused-ring (bicyclic) bond motifs is 1. The molecule has 0 bridgehead atoms. The number of hydrogen-bond acceptors (Lipinski definition) is 4. The van der Waals surface area contributed by atoms with Gasteiger partial charge in [0.25, 0.3) is 0 Å². The van der Waals surface area contributed by atoms with Gasteiger partial charge in [-0.1, -0.05) is 42.0 Å². The van der Waals surface area contributed by atoms with Gasteiger partial charge in [0.2, 0.25) is 5.78 Å². The minimum Gasteiger partial charge on any atom is -0.497 e. The molecule has 0 fully saturated rings. The summed E-state index contributed by atoms with van der Waals surface area (Å²) in [6.45, 7) is 4.35. The van der Waals surface area contributed by atoms with Crippen molar-refractivity contribution in [3.63, 3.8) is 0 Å². The number of benzene rings is 3. The smallest absolute Gasteiger partial charge is 0.232 e. The molecule has 0 aliphatic carbocycles. The van der Waals surface area contributed by atoms with E-state index >= 15 is 0 Å². The van der Waals surface area contributed by atoms with E-state index in [2.05, 4.69) is 0 Å². The maximum Gasteiger partial charge on any atom is 0.232 e. The Hall–Kier alpha value is -3.53. The molecule has 3 aromatic rings. The molecule has 0 aromatic heterocycles. The summed E-state index contributed by atoms with van der Waals surface area (Å²) in [6, 6.07) is 19.3. The van der Waals surface area contributed by atoms with Crippen LogP contribution in [0.3, 0.4) is 0 Å². The van der Waals surface area contributed by atoms with Gasteiger partial charge in [0.15, 0.2) is 5.76 Å². The van der Waals surface area contributed by atoms with Crippen molar-refractivity contribution in [2.75, 3.05) is 7.11 Å². The van der Waals surface area contributed by atoms with E-state index in [-0.39, 0.29) is 5.78 Å². The standard InChI is InChI=1S/C25H22O4/c1-16-4-6-18(7-5-16)13-23-25(26)24-17(2)12-21(14-22(24)29-23)28-15-19-8-10-20(27-3)11-9-19/h4-14H,15H2,1-3H3/b23-13-. The highest BCUT2D eigenvalue weighted by Crippen LogP contribution is 2.37. The predicted octanol–water partition coefficient (Wildman–Crippen LogP) is 5.51. The van der Waals surface area contributed by atoms with E-state index in [0.717, 1.165) is 22.4 Å². The van der Waals surface area contributed by atoms with Gasteiger partial charge in [0.05, 0.1) is 12.7 Å². The first-order chi connectivity index (χ1) is 14.0. The Bertz CT molecular complexity index is 1080. The average molecular weight is 386 g/mol. The number of ether oxygens (including phenoxy) is 3. The van der Waals surface area contributed by atoms with Crippen molar-refractivity contribution in [3.8, 4) is 17.2 Å². The Labute approximate surface area is 170 Å². The molecule has 4 nitrogen and oxygen atoms in total. The summed E-state index contributed by atoms with van der Waals surface area (Å²) in [6.07, 6.45) is 1.78. The topological polar surface area (TPSA) is 44.8 Å². The Balaban J connectivity index is 1.53. The van der Waals surface area contributed by atoms with Crippen molar-refractivity contribution in [2.24, 2.45) is 0 Å². The SMILES string of the molecule is COc1ccc(COc2cc(C)c3c(c2)O/C(=C\c2ccc(C)cc2)C3=O)cc1. The van der Waals surface area contributed by atoms with Gasteiger partial charge in [-0.25, -0.2) is 0 Å². The lowest BCUT2D eigenvalue weighted by Crippen LogP contribution is -2.00. The van der Waals surface area contributed by atoms with E-state index < -0.39 is 0 Å². The van der Waals surface area contributed by atoms with Crippen LogP contribution in [0.5, 0.6) is 17.2 Å². The average Bonchev–Trinajstić information content (AvgIpc) is 3.04. The maximum absolute atomic E-state index is 12.8. The van der Waals surface area contributed by atoms with Crippen molar-refractivity contribution >= 4 is 11.9 Å². The summed E-state index contributed by atoms with van der Waals surface area (Å²) in [7, 11) is 1.64. The second-order valence-electron chi connectivity index (χ2n) is 7.10. The van der Waals surface area contributed by atoms with Gasteiger partial charge in [0.1, 0.15) is 23.9 Å². The van der Waals surface area contributed by atoms with Crippen LogP contribution in [0.1, 0.15) is 32.6 Å².